The van der Waals surface area contributed by atoms with Gasteiger partial charge in [0.25, 0.3) is 0 Å². The molecule has 11 nitrogen and oxygen atoms in total. The van der Waals surface area contributed by atoms with Gasteiger partial charge in [-0.2, -0.15) is 20.1 Å². The summed E-state index contributed by atoms with van der Waals surface area (Å²) < 4.78 is 6.26. The van der Waals surface area contributed by atoms with Gasteiger partial charge in [0, 0.05) is 29.3 Å². The molecule has 1 amide bonds. The summed E-state index contributed by atoms with van der Waals surface area (Å²) in [6.07, 6.45) is 5.06. The summed E-state index contributed by atoms with van der Waals surface area (Å²) in [4.78, 5) is 33.3. The highest BCUT2D eigenvalue weighted by atomic mass is 35.5. The first-order valence-corrected chi connectivity index (χ1v) is 15.9. The average Bonchev–Trinajstić information content (AvgIpc) is 3.48. The quantitative estimate of drug-likeness (QED) is 0.280. The molecule has 3 saturated heterocycles. The Labute approximate surface area is 260 Å². The van der Waals surface area contributed by atoms with E-state index in [0.29, 0.717) is 17.8 Å². The van der Waals surface area contributed by atoms with Crippen molar-refractivity contribution in [2.45, 2.75) is 74.2 Å². The fraction of sp³-hybridized carbons (Fsp3) is 0.500. The lowest BCUT2D eigenvalue weighted by atomic mass is 9.82. The third kappa shape index (κ3) is 4.60. The number of hydrogen-bond acceptors (Lipinski definition) is 8. The minimum Gasteiger partial charge on any atom is -0.465 e. The number of amides is 1. The van der Waals surface area contributed by atoms with Crippen molar-refractivity contribution in [3.8, 4) is 6.01 Å². The molecular weight excluding hydrogens is 582 g/mol. The topological polar surface area (TPSA) is 120 Å². The van der Waals surface area contributed by atoms with Crippen LogP contribution in [-0.2, 0) is 4.84 Å². The van der Waals surface area contributed by atoms with Crippen molar-refractivity contribution >= 4 is 39.5 Å². The van der Waals surface area contributed by atoms with Crippen molar-refractivity contribution in [2.24, 2.45) is 0 Å². The van der Waals surface area contributed by atoms with Crippen molar-refractivity contribution in [1.82, 2.24) is 35.0 Å². The molecule has 4 aliphatic rings. The predicted octanol–water partition coefficient (Wildman–Crippen LogP) is 4.86. The zero-order valence-corrected chi connectivity index (χ0v) is 25.5. The first-order chi connectivity index (χ1) is 21.4. The number of aromatic nitrogens is 4. The van der Waals surface area contributed by atoms with Crippen LogP contribution in [0.5, 0.6) is 6.01 Å². The lowest BCUT2D eigenvalue weighted by Crippen LogP contribution is -2.58. The van der Waals surface area contributed by atoms with E-state index in [1.165, 1.54) is 4.90 Å². The number of H-pyrrole nitrogens is 1. The summed E-state index contributed by atoms with van der Waals surface area (Å²) in [6.45, 7) is 3.78. The van der Waals surface area contributed by atoms with Crippen molar-refractivity contribution in [3.63, 3.8) is 0 Å². The Kier molecular flexibility index (Phi) is 6.89. The van der Waals surface area contributed by atoms with E-state index in [2.05, 4.69) is 35.1 Å². The van der Waals surface area contributed by atoms with E-state index in [1.807, 2.05) is 41.6 Å². The second-order valence-corrected chi connectivity index (χ2v) is 13.2. The van der Waals surface area contributed by atoms with Crippen LogP contribution in [0.3, 0.4) is 0 Å². The normalized spacial score (nSPS) is 29.2. The van der Waals surface area contributed by atoms with Gasteiger partial charge in [0.05, 0.1) is 52.5 Å². The minimum atomic E-state index is -1.02. The van der Waals surface area contributed by atoms with E-state index < -0.39 is 23.6 Å². The van der Waals surface area contributed by atoms with E-state index in [4.69, 9.17) is 31.1 Å². The lowest BCUT2D eigenvalue weighted by molar-refractivity contribution is -0.232. The highest BCUT2D eigenvalue weighted by molar-refractivity contribution is 6.22. The second kappa shape index (κ2) is 10.8. The molecule has 6 atom stereocenters. The number of ether oxygens (including phenoxy) is 1. The van der Waals surface area contributed by atoms with E-state index >= 15 is 0 Å². The summed E-state index contributed by atoms with van der Waals surface area (Å²) in [6, 6.07) is 10.9. The van der Waals surface area contributed by atoms with Crippen LogP contribution in [0.25, 0.3) is 21.8 Å². The van der Waals surface area contributed by atoms with Gasteiger partial charge in [-0.15, -0.1) is 11.6 Å². The number of hydrogen-bond donors (Lipinski definition) is 2. The van der Waals surface area contributed by atoms with Crippen molar-refractivity contribution in [1.29, 1.82) is 0 Å². The first-order valence-electron chi connectivity index (χ1n) is 15.5. The summed E-state index contributed by atoms with van der Waals surface area (Å²) in [7, 11) is 2.11. The fourth-order valence-electron chi connectivity index (χ4n) is 7.61. The largest absolute Gasteiger partial charge is 0.465 e. The molecule has 2 aromatic heterocycles. The summed E-state index contributed by atoms with van der Waals surface area (Å²) in [5, 5.41) is 21.5. The van der Waals surface area contributed by atoms with Gasteiger partial charge in [0.2, 0.25) is 0 Å². The molecule has 44 heavy (non-hydrogen) atoms. The van der Waals surface area contributed by atoms with E-state index in [0.717, 1.165) is 59.6 Å². The number of hydroxylamine groups is 2. The van der Waals surface area contributed by atoms with E-state index in [-0.39, 0.29) is 36.7 Å². The molecule has 1 saturated carbocycles. The molecule has 3 aliphatic heterocycles. The van der Waals surface area contributed by atoms with Crippen LogP contribution in [0.15, 0.2) is 42.6 Å². The van der Waals surface area contributed by atoms with Gasteiger partial charge in [-0.1, -0.05) is 24.3 Å². The fourth-order valence-corrected chi connectivity index (χ4v) is 8.08. The van der Waals surface area contributed by atoms with Crippen molar-refractivity contribution in [3.05, 3.63) is 59.4 Å². The van der Waals surface area contributed by atoms with E-state index in [9.17, 15) is 9.90 Å². The zero-order chi connectivity index (χ0) is 30.1. The Morgan fingerprint density at radius 3 is 2.75 bits per heavy atom. The number of carbonyl (C=O) groups is 1. The predicted molar refractivity (Wildman–Crippen MR) is 165 cm³/mol. The number of alkyl halides is 1. The number of likely N-dealkylation sites (N-methyl/N-ethyl adjacent to an activating group) is 1. The number of likely N-dealkylation sites (tertiary alicyclic amines) is 2. The monoisotopic (exact) mass is 617 g/mol. The Hall–Kier alpha value is -3.51. The smallest absolute Gasteiger partial charge is 0.407 e. The number of para-hydroxylation sites is 1. The highest BCUT2D eigenvalue weighted by Gasteiger charge is 2.61. The number of halogens is 1. The summed E-state index contributed by atoms with van der Waals surface area (Å²) in [5.74, 6) is -0.263. The van der Waals surface area contributed by atoms with Gasteiger partial charge in [-0.05, 0) is 69.5 Å². The number of nitrogens with one attached hydrogen (secondary N) is 1. The molecule has 2 N–H and O–H groups in total. The number of nitrogens with zero attached hydrogens (tertiary/aromatic N) is 6. The average molecular weight is 618 g/mol. The molecule has 2 aromatic carbocycles. The maximum Gasteiger partial charge on any atom is 0.407 e. The molecule has 8 rings (SSSR count). The van der Waals surface area contributed by atoms with Crippen LogP contribution in [0.1, 0.15) is 54.5 Å². The molecule has 0 spiro atoms. The maximum absolute atomic E-state index is 13.1. The van der Waals surface area contributed by atoms with Crippen LogP contribution >= 0.6 is 11.6 Å². The number of piperazine rings is 1. The van der Waals surface area contributed by atoms with Gasteiger partial charge < -0.3 is 14.7 Å². The number of fused-ring (bicyclic) bond motifs is 4. The third-order valence-electron chi connectivity index (χ3n) is 9.97. The third-order valence-corrected chi connectivity index (χ3v) is 10.5. The van der Waals surface area contributed by atoms with Crippen molar-refractivity contribution in [2.75, 3.05) is 26.7 Å². The van der Waals surface area contributed by atoms with Crippen LogP contribution in [-0.4, -0.2) is 103 Å². The highest BCUT2D eigenvalue weighted by Crippen LogP contribution is 2.54. The first kappa shape index (κ1) is 28.0. The maximum atomic E-state index is 13.1. The second-order valence-electron chi connectivity index (χ2n) is 12.7. The number of benzene rings is 2. The number of carboxylic acid groups (broad SMARTS) is 1. The molecule has 230 valence electrons. The van der Waals surface area contributed by atoms with E-state index in [1.54, 1.807) is 0 Å². The number of rotatable bonds is 7. The van der Waals surface area contributed by atoms with Gasteiger partial charge in [0.1, 0.15) is 6.61 Å². The molecule has 5 unspecified atom stereocenters. The standard InChI is InChI=1S/C32H36ClN7O4/c1-17-9-12-23-21(14-34-37-23)25(17)26-27(33)24-15-39(32(41)42)30(29(26)40(24)44-19-10-11-19)28-20-7-3-4-8-22(20)35-31(36-28)43-16-18-6-5-13-38(18)2/h3-4,7-9,12,14,18-19,24,26-27,29-30H,5-6,10-11,13,15-16H2,1-2H3,(H,34,37)(H,41,42)/t18-,24?,26?,27?,29?,30?/m0/s1. The van der Waals surface area contributed by atoms with Gasteiger partial charge in [-0.25, -0.2) is 4.79 Å². The molecular formula is C32H36ClN7O4. The van der Waals surface area contributed by atoms with Crippen molar-refractivity contribution < 1.29 is 19.5 Å². The molecule has 4 aromatic rings. The number of aromatic amines is 1. The summed E-state index contributed by atoms with van der Waals surface area (Å²) in [5.41, 5.74) is 4.36. The molecule has 5 heterocycles. The molecule has 12 heteroatoms. The van der Waals surface area contributed by atoms with Crippen LogP contribution < -0.4 is 4.74 Å². The SMILES string of the molecule is Cc1ccc2[nH]ncc2c1C1C(Cl)C2CN(C(=O)O)C(c3nc(OC[C@@H]4CCCN4C)nc4ccccc34)C1N2OC1CC1. The Bertz CT molecular complexity index is 1730. The molecule has 2 bridgehead atoms. The van der Waals surface area contributed by atoms with Gasteiger partial charge >= 0.3 is 12.1 Å². The Morgan fingerprint density at radius 1 is 1.14 bits per heavy atom. The molecule has 0 radical (unpaired) electrons. The number of aryl methyl sites for hydroxylation is 1. The Balaban J connectivity index is 1.30. The van der Waals surface area contributed by atoms with Crippen LogP contribution in [0, 0.1) is 6.92 Å². The van der Waals surface area contributed by atoms with Crippen LogP contribution in [0.2, 0.25) is 0 Å². The van der Waals surface area contributed by atoms with Gasteiger partial charge in [0.15, 0.2) is 0 Å². The molecule has 4 fully saturated rings. The molecule has 1 aliphatic carbocycles. The Morgan fingerprint density at radius 2 is 1.98 bits per heavy atom. The van der Waals surface area contributed by atoms with Crippen LogP contribution in [0.4, 0.5) is 4.79 Å². The minimum absolute atomic E-state index is 0.106. The summed E-state index contributed by atoms with van der Waals surface area (Å²) >= 11 is 7.43. The zero-order valence-electron chi connectivity index (χ0n) is 24.8. The lowest BCUT2D eigenvalue weighted by Gasteiger charge is -2.45. The van der Waals surface area contributed by atoms with Gasteiger partial charge in [-0.3, -0.25) is 14.8 Å².